The van der Waals surface area contributed by atoms with Gasteiger partial charge in [0.2, 0.25) is 0 Å². The predicted molar refractivity (Wildman–Crippen MR) is 103 cm³/mol. The average Bonchev–Trinajstić information content (AvgIpc) is 2.49. The van der Waals surface area contributed by atoms with Crippen molar-refractivity contribution in [3.63, 3.8) is 0 Å². The molecule has 2 N–H and O–H groups in total. The second kappa shape index (κ2) is 10.6. The van der Waals surface area contributed by atoms with Crippen molar-refractivity contribution in [2.75, 3.05) is 36.9 Å². The molecule has 0 unspecified atom stereocenters. The number of benzene rings is 1. The maximum absolute atomic E-state index is 13.4. The molecule has 1 aliphatic rings. The first-order valence-corrected chi connectivity index (χ1v) is 9.02. The summed E-state index contributed by atoms with van der Waals surface area (Å²) in [5.41, 5.74) is 6.72. The minimum atomic E-state index is -0.131. The molecule has 118 valence electrons. The molecule has 1 saturated heterocycles. The van der Waals surface area contributed by atoms with Gasteiger partial charge in [0.25, 0.3) is 0 Å². The van der Waals surface area contributed by atoms with Gasteiger partial charge in [-0.1, -0.05) is 18.2 Å². The monoisotopic (exact) mass is 441 g/mol. The first kappa shape index (κ1) is 18.9. The Morgan fingerprint density at radius 2 is 2.05 bits per heavy atom. The summed E-state index contributed by atoms with van der Waals surface area (Å²) in [6.07, 6.45) is 0. The molecular formula is C14H21FIN3S2. The second-order valence-electron chi connectivity index (χ2n) is 4.48. The molecule has 7 heteroatoms. The fourth-order valence-electron chi connectivity index (χ4n) is 1.91. The van der Waals surface area contributed by atoms with Crippen molar-refractivity contribution in [2.45, 2.75) is 5.75 Å². The lowest BCUT2D eigenvalue weighted by Crippen LogP contribution is -2.42. The van der Waals surface area contributed by atoms with Gasteiger partial charge in [0.15, 0.2) is 5.96 Å². The highest BCUT2D eigenvalue weighted by Crippen LogP contribution is 2.15. The zero-order valence-corrected chi connectivity index (χ0v) is 15.8. The zero-order chi connectivity index (χ0) is 14.2. The summed E-state index contributed by atoms with van der Waals surface area (Å²) in [7, 11) is 0. The van der Waals surface area contributed by atoms with Crippen LogP contribution in [0.2, 0.25) is 0 Å². The lowest BCUT2D eigenvalue weighted by molar-refractivity contribution is 0.456. The van der Waals surface area contributed by atoms with E-state index in [1.807, 2.05) is 23.9 Å². The summed E-state index contributed by atoms with van der Waals surface area (Å²) < 4.78 is 13.4. The molecule has 0 bridgehead atoms. The van der Waals surface area contributed by atoms with E-state index in [1.54, 1.807) is 17.8 Å². The highest BCUT2D eigenvalue weighted by Gasteiger charge is 2.11. The van der Waals surface area contributed by atoms with Gasteiger partial charge in [0, 0.05) is 36.1 Å². The highest BCUT2D eigenvalue weighted by atomic mass is 127. The Kier molecular flexibility index (Phi) is 9.50. The van der Waals surface area contributed by atoms with Crippen molar-refractivity contribution in [1.82, 2.24) is 4.90 Å². The largest absolute Gasteiger partial charge is 0.370 e. The first-order chi connectivity index (χ1) is 9.77. The van der Waals surface area contributed by atoms with Crippen LogP contribution in [0.5, 0.6) is 0 Å². The molecule has 1 fully saturated rings. The van der Waals surface area contributed by atoms with Gasteiger partial charge in [-0.2, -0.15) is 23.5 Å². The van der Waals surface area contributed by atoms with Crippen LogP contribution in [0.15, 0.2) is 29.3 Å². The SMILES string of the molecule is I.NC(=NCCSCc1ccccc1F)N1CCSCC1. The van der Waals surface area contributed by atoms with E-state index in [0.717, 1.165) is 35.9 Å². The van der Waals surface area contributed by atoms with Crippen LogP contribution in [0, 0.1) is 5.82 Å². The van der Waals surface area contributed by atoms with Gasteiger partial charge in [0.05, 0.1) is 6.54 Å². The number of nitrogens with two attached hydrogens (primary N) is 1. The Hall–Kier alpha value is -0.150. The normalized spacial score (nSPS) is 15.7. The number of hydrogen-bond acceptors (Lipinski definition) is 3. The minimum absolute atomic E-state index is 0. The Balaban J connectivity index is 0.00000220. The average molecular weight is 441 g/mol. The molecule has 1 aromatic rings. The molecule has 0 radical (unpaired) electrons. The van der Waals surface area contributed by atoms with Gasteiger partial charge in [-0.3, -0.25) is 4.99 Å². The van der Waals surface area contributed by atoms with Gasteiger partial charge in [-0.25, -0.2) is 4.39 Å². The van der Waals surface area contributed by atoms with E-state index in [-0.39, 0.29) is 29.8 Å². The molecule has 0 saturated carbocycles. The summed E-state index contributed by atoms with van der Waals surface area (Å²) in [4.78, 5) is 6.53. The highest BCUT2D eigenvalue weighted by molar-refractivity contribution is 14.0. The standard InChI is InChI=1S/C14H20FN3S2.HI/c15-13-4-2-1-3-12(13)11-20-8-5-17-14(16)18-6-9-19-10-7-18;/h1-4H,5-11H2,(H2,16,17);1H. The molecule has 0 amide bonds. The summed E-state index contributed by atoms with van der Waals surface area (Å²) in [6.45, 7) is 2.67. The van der Waals surface area contributed by atoms with Crippen LogP contribution in [0.25, 0.3) is 0 Å². The molecule has 21 heavy (non-hydrogen) atoms. The third-order valence-electron chi connectivity index (χ3n) is 3.06. The predicted octanol–water partition coefficient (Wildman–Crippen LogP) is 3.04. The first-order valence-electron chi connectivity index (χ1n) is 6.71. The van der Waals surface area contributed by atoms with Crippen molar-refractivity contribution in [1.29, 1.82) is 0 Å². The fourth-order valence-corrected chi connectivity index (χ4v) is 3.64. The Morgan fingerprint density at radius 3 is 2.76 bits per heavy atom. The smallest absolute Gasteiger partial charge is 0.191 e. The van der Waals surface area contributed by atoms with E-state index in [4.69, 9.17) is 5.73 Å². The third-order valence-corrected chi connectivity index (χ3v) is 4.99. The molecule has 0 aliphatic carbocycles. The Labute approximate surface area is 151 Å². The molecule has 3 nitrogen and oxygen atoms in total. The number of nitrogens with zero attached hydrogens (tertiary/aromatic N) is 2. The van der Waals surface area contributed by atoms with Crippen LogP contribution in [0.4, 0.5) is 4.39 Å². The van der Waals surface area contributed by atoms with E-state index in [9.17, 15) is 4.39 Å². The van der Waals surface area contributed by atoms with Crippen molar-refractivity contribution in [3.05, 3.63) is 35.6 Å². The lowest BCUT2D eigenvalue weighted by atomic mass is 10.2. The van der Waals surface area contributed by atoms with E-state index < -0.39 is 0 Å². The quantitative estimate of drug-likeness (QED) is 0.330. The third kappa shape index (κ3) is 6.65. The van der Waals surface area contributed by atoms with Crippen molar-refractivity contribution >= 4 is 53.5 Å². The zero-order valence-electron chi connectivity index (χ0n) is 11.8. The van der Waals surface area contributed by atoms with E-state index in [1.165, 1.54) is 6.07 Å². The summed E-state index contributed by atoms with van der Waals surface area (Å²) in [5.74, 6) is 4.31. The lowest BCUT2D eigenvalue weighted by Gasteiger charge is -2.27. The van der Waals surface area contributed by atoms with Crippen LogP contribution in [0.1, 0.15) is 5.56 Å². The molecular weight excluding hydrogens is 420 g/mol. The number of aliphatic imine (C=N–C) groups is 1. The molecule has 0 atom stereocenters. The molecule has 0 spiro atoms. The number of thioether (sulfide) groups is 2. The van der Waals surface area contributed by atoms with Gasteiger partial charge in [0.1, 0.15) is 5.82 Å². The molecule has 1 aromatic carbocycles. The molecule has 2 rings (SSSR count). The fraction of sp³-hybridized carbons (Fsp3) is 0.500. The van der Waals surface area contributed by atoms with Crippen molar-refractivity contribution < 1.29 is 4.39 Å². The van der Waals surface area contributed by atoms with E-state index >= 15 is 0 Å². The van der Waals surface area contributed by atoms with Crippen molar-refractivity contribution in [2.24, 2.45) is 10.7 Å². The van der Waals surface area contributed by atoms with Crippen LogP contribution < -0.4 is 5.73 Å². The Bertz CT molecular complexity index is 454. The second-order valence-corrected chi connectivity index (χ2v) is 6.81. The number of rotatable bonds is 5. The van der Waals surface area contributed by atoms with Crippen LogP contribution >= 0.6 is 47.5 Å². The van der Waals surface area contributed by atoms with E-state index in [0.29, 0.717) is 18.3 Å². The van der Waals surface area contributed by atoms with E-state index in [2.05, 4.69) is 9.89 Å². The molecule has 1 heterocycles. The van der Waals surface area contributed by atoms with Gasteiger partial charge in [-0.05, 0) is 11.6 Å². The number of hydrogen-bond donors (Lipinski definition) is 1. The summed E-state index contributed by atoms with van der Waals surface area (Å²) in [5, 5.41) is 0. The molecule has 0 aromatic heterocycles. The maximum atomic E-state index is 13.4. The summed E-state index contributed by atoms with van der Waals surface area (Å²) in [6, 6.07) is 6.90. The minimum Gasteiger partial charge on any atom is -0.370 e. The summed E-state index contributed by atoms with van der Waals surface area (Å²) >= 11 is 3.64. The topological polar surface area (TPSA) is 41.6 Å². The molecule has 1 aliphatic heterocycles. The van der Waals surface area contributed by atoms with Crippen LogP contribution in [-0.4, -0.2) is 47.8 Å². The van der Waals surface area contributed by atoms with Gasteiger partial charge in [-0.15, -0.1) is 24.0 Å². The van der Waals surface area contributed by atoms with Gasteiger partial charge >= 0.3 is 0 Å². The number of halogens is 2. The van der Waals surface area contributed by atoms with Gasteiger partial charge < -0.3 is 10.6 Å². The van der Waals surface area contributed by atoms with Crippen molar-refractivity contribution in [3.8, 4) is 0 Å². The number of guanidine groups is 1. The van der Waals surface area contributed by atoms with Crippen LogP contribution in [0.3, 0.4) is 0 Å². The maximum Gasteiger partial charge on any atom is 0.191 e. The Morgan fingerprint density at radius 1 is 1.33 bits per heavy atom. The van der Waals surface area contributed by atoms with Crippen LogP contribution in [-0.2, 0) is 5.75 Å².